The van der Waals surface area contributed by atoms with Crippen molar-refractivity contribution in [3.63, 3.8) is 0 Å². The van der Waals surface area contributed by atoms with E-state index >= 15 is 0 Å². The Hall–Kier alpha value is -0.865. The smallest absolute Gasteiger partial charge is 0.402 e. The van der Waals surface area contributed by atoms with Crippen LogP contribution >= 0.6 is 0 Å². The van der Waals surface area contributed by atoms with Gasteiger partial charge in [-0.2, -0.15) is 0 Å². The summed E-state index contributed by atoms with van der Waals surface area (Å²) in [4.78, 5) is 0. The van der Waals surface area contributed by atoms with Gasteiger partial charge in [-0.1, -0.05) is 20.8 Å². The number of guanidine groups is 1. The third kappa shape index (κ3) is 69.4. The van der Waals surface area contributed by atoms with E-state index in [1.54, 1.807) is 0 Å². The highest BCUT2D eigenvalue weighted by molar-refractivity contribution is 6.32. The van der Waals surface area contributed by atoms with E-state index in [1.165, 1.54) is 0 Å². The number of nitrogens with two attached hydrogens (primary N) is 2. The molecule has 0 amide bonds. The number of hydrogen-bond donors (Lipinski definition) is 7. The molecular formula is C8H24BN3O5. The van der Waals surface area contributed by atoms with E-state index in [0.29, 0.717) is 6.61 Å². The van der Waals surface area contributed by atoms with Gasteiger partial charge in [0, 0.05) is 6.61 Å². The third-order valence-electron chi connectivity index (χ3n) is 0.765. The Morgan fingerprint density at radius 3 is 1.53 bits per heavy atom. The van der Waals surface area contributed by atoms with E-state index < -0.39 is 7.32 Å². The second kappa shape index (κ2) is 13.2. The van der Waals surface area contributed by atoms with Gasteiger partial charge in [0.1, 0.15) is 0 Å². The molecule has 0 saturated heterocycles. The summed E-state index contributed by atoms with van der Waals surface area (Å²) < 4.78 is 4.52. The largest absolute Gasteiger partial charge is 0.633 e. The standard InChI is InChI=1S/C5H13BO3.C2H6O2.CH5N3/c1-5(2,3)4-9-6(7)8;3-1-2-4;2-1(3)4/h7-8H,4H2,1-3H3;3-4H,1-2H2;(H5,2,3,4). The molecule has 17 heavy (non-hydrogen) atoms. The van der Waals surface area contributed by atoms with Crippen molar-refractivity contribution in [2.75, 3.05) is 19.8 Å². The number of nitrogens with one attached hydrogen (secondary N) is 1. The first kappa shape index (κ1) is 21.4. The number of aliphatic hydroxyl groups is 2. The number of aliphatic hydroxyl groups excluding tert-OH is 2. The first-order valence-corrected chi connectivity index (χ1v) is 4.85. The Morgan fingerprint density at radius 2 is 1.47 bits per heavy atom. The van der Waals surface area contributed by atoms with E-state index in [1.807, 2.05) is 20.8 Å². The maximum atomic E-state index is 8.25. The zero-order valence-corrected chi connectivity index (χ0v) is 10.6. The second-order valence-corrected chi connectivity index (χ2v) is 4.10. The molecule has 0 saturated carbocycles. The van der Waals surface area contributed by atoms with Crippen LogP contribution in [0.4, 0.5) is 0 Å². The van der Waals surface area contributed by atoms with Gasteiger partial charge in [0.25, 0.3) is 0 Å². The maximum Gasteiger partial charge on any atom is 0.633 e. The van der Waals surface area contributed by atoms with Crippen molar-refractivity contribution in [1.29, 1.82) is 5.41 Å². The molecule has 0 spiro atoms. The Balaban J connectivity index is -0.000000205. The van der Waals surface area contributed by atoms with Gasteiger partial charge in [-0.3, -0.25) is 5.41 Å². The lowest BCUT2D eigenvalue weighted by Crippen LogP contribution is -2.24. The third-order valence-corrected chi connectivity index (χ3v) is 0.765. The molecule has 9 heteroatoms. The summed E-state index contributed by atoms with van der Waals surface area (Å²) in [5.74, 6) is -0.333. The van der Waals surface area contributed by atoms with Crippen LogP contribution in [-0.4, -0.2) is 53.4 Å². The van der Waals surface area contributed by atoms with E-state index in [2.05, 4.69) is 16.1 Å². The monoisotopic (exact) mass is 253 g/mol. The first-order chi connectivity index (χ1) is 7.56. The zero-order valence-electron chi connectivity index (χ0n) is 10.6. The van der Waals surface area contributed by atoms with E-state index in [4.69, 9.17) is 25.7 Å². The number of rotatable bonds is 3. The summed E-state index contributed by atoms with van der Waals surface area (Å²) in [5, 5.41) is 37.8. The minimum Gasteiger partial charge on any atom is -0.402 e. The minimum absolute atomic E-state index is 0.0102. The highest BCUT2D eigenvalue weighted by atomic mass is 16.6. The minimum atomic E-state index is -1.63. The molecule has 0 fully saturated rings. The normalized spacial score (nSPS) is 9.35. The molecule has 9 N–H and O–H groups in total. The van der Waals surface area contributed by atoms with Crippen LogP contribution in [0.15, 0.2) is 0 Å². The quantitative estimate of drug-likeness (QED) is 0.170. The molecule has 0 bridgehead atoms. The Kier molecular flexibility index (Phi) is 16.6. The van der Waals surface area contributed by atoms with Gasteiger partial charge in [0.2, 0.25) is 0 Å². The molecule has 0 rings (SSSR count). The zero-order chi connectivity index (χ0) is 14.5. The highest BCUT2D eigenvalue weighted by Crippen LogP contribution is 2.12. The van der Waals surface area contributed by atoms with Crippen LogP contribution in [0.2, 0.25) is 0 Å². The van der Waals surface area contributed by atoms with Gasteiger partial charge >= 0.3 is 7.32 Å². The summed E-state index contributed by atoms with van der Waals surface area (Å²) in [5.41, 5.74) is 8.93. The molecular weight excluding hydrogens is 229 g/mol. The molecule has 104 valence electrons. The van der Waals surface area contributed by atoms with Crippen molar-refractivity contribution < 1.29 is 24.9 Å². The summed E-state index contributed by atoms with van der Waals surface area (Å²) >= 11 is 0. The average Bonchev–Trinajstić information content (AvgIpc) is 2.13. The molecule has 0 aliphatic heterocycles. The fraction of sp³-hybridized carbons (Fsp3) is 0.875. The lowest BCUT2D eigenvalue weighted by Gasteiger charge is -2.17. The van der Waals surface area contributed by atoms with Crippen molar-refractivity contribution in [2.24, 2.45) is 16.9 Å². The van der Waals surface area contributed by atoms with Crippen LogP contribution in [-0.2, 0) is 4.65 Å². The van der Waals surface area contributed by atoms with Crippen LogP contribution < -0.4 is 11.5 Å². The van der Waals surface area contributed by atoms with Crippen LogP contribution in [0.25, 0.3) is 0 Å². The Bertz CT molecular complexity index is 169. The van der Waals surface area contributed by atoms with Crippen molar-refractivity contribution in [1.82, 2.24) is 0 Å². The molecule has 0 radical (unpaired) electrons. The fourth-order valence-electron chi connectivity index (χ4n) is 0.325. The van der Waals surface area contributed by atoms with Crippen LogP contribution in [0.3, 0.4) is 0 Å². The summed E-state index contributed by atoms with van der Waals surface area (Å²) in [6.07, 6.45) is 0. The van der Waals surface area contributed by atoms with Crippen molar-refractivity contribution >= 4 is 13.3 Å². The van der Waals surface area contributed by atoms with E-state index in [-0.39, 0.29) is 24.6 Å². The van der Waals surface area contributed by atoms with Crippen molar-refractivity contribution in [3.8, 4) is 0 Å². The molecule has 0 aromatic carbocycles. The SMILES string of the molecule is CC(C)(C)COB(O)O.N=C(N)N.OCCO. The molecule has 0 aliphatic rings. The Labute approximate surface area is 102 Å². The van der Waals surface area contributed by atoms with E-state index in [9.17, 15) is 0 Å². The average molecular weight is 253 g/mol. The first-order valence-electron chi connectivity index (χ1n) is 4.85. The van der Waals surface area contributed by atoms with Gasteiger partial charge in [-0.05, 0) is 5.41 Å². The van der Waals surface area contributed by atoms with Crippen molar-refractivity contribution in [2.45, 2.75) is 20.8 Å². The topological polar surface area (TPSA) is 166 Å². The van der Waals surface area contributed by atoms with Gasteiger partial charge in [-0.15, -0.1) is 0 Å². The van der Waals surface area contributed by atoms with Crippen LogP contribution in [0, 0.1) is 10.8 Å². The summed E-state index contributed by atoms with van der Waals surface area (Å²) in [7, 11) is -1.63. The molecule has 0 atom stereocenters. The summed E-state index contributed by atoms with van der Waals surface area (Å²) in [6, 6.07) is 0. The molecule has 0 unspecified atom stereocenters. The van der Waals surface area contributed by atoms with Crippen LogP contribution in [0.5, 0.6) is 0 Å². The molecule has 0 aromatic heterocycles. The van der Waals surface area contributed by atoms with Gasteiger partial charge < -0.3 is 36.4 Å². The molecule has 8 nitrogen and oxygen atoms in total. The second-order valence-electron chi connectivity index (χ2n) is 4.10. The molecule has 0 heterocycles. The van der Waals surface area contributed by atoms with Gasteiger partial charge in [0.05, 0.1) is 13.2 Å². The maximum absolute atomic E-state index is 8.25. The van der Waals surface area contributed by atoms with E-state index in [0.717, 1.165) is 0 Å². The fourth-order valence-corrected chi connectivity index (χ4v) is 0.325. The predicted molar refractivity (Wildman–Crippen MR) is 65.9 cm³/mol. The predicted octanol–water partition coefficient (Wildman–Crippen LogP) is -2.17. The lowest BCUT2D eigenvalue weighted by atomic mass is 9.98. The molecule has 0 aromatic rings. The van der Waals surface area contributed by atoms with Gasteiger partial charge in [0.15, 0.2) is 5.96 Å². The number of hydrogen-bond acceptors (Lipinski definition) is 6. The van der Waals surface area contributed by atoms with Crippen molar-refractivity contribution in [3.05, 3.63) is 0 Å². The molecule has 0 aliphatic carbocycles. The lowest BCUT2D eigenvalue weighted by molar-refractivity contribution is 0.126. The Morgan fingerprint density at radius 1 is 1.18 bits per heavy atom. The highest BCUT2D eigenvalue weighted by Gasteiger charge is 2.15. The van der Waals surface area contributed by atoms with Crippen LogP contribution in [0.1, 0.15) is 20.8 Å². The van der Waals surface area contributed by atoms with Gasteiger partial charge in [-0.25, -0.2) is 0 Å². The summed E-state index contributed by atoms with van der Waals surface area (Å²) in [6.45, 7) is 5.96.